The predicted octanol–water partition coefficient (Wildman–Crippen LogP) is 3.38. The normalized spacial score (nSPS) is 10.3. The SMILES string of the molecule is CC(=O)c1sccc1-c1sccc1C(=O)O. The predicted molar refractivity (Wildman–Crippen MR) is 64.6 cm³/mol. The maximum Gasteiger partial charge on any atom is 0.337 e. The fraction of sp³-hybridized carbons (Fsp3) is 0.0909. The van der Waals surface area contributed by atoms with E-state index in [9.17, 15) is 9.59 Å². The summed E-state index contributed by atoms with van der Waals surface area (Å²) in [6, 6.07) is 3.35. The van der Waals surface area contributed by atoms with Gasteiger partial charge in [0, 0.05) is 5.56 Å². The lowest BCUT2D eigenvalue weighted by molar-refractivity contribution is 0.0698. The number of carbonyl (C=O) groups excluding carboxylic acids is 1. The molecule has 82 valence electrons. The van der Waals surface area contributed by atoms with Crippen molar-refractivity contribution in [1.29, 1.82) is 0 Å². The molecule has 3 nitrogen and oxygen atoms in total. The molecule has 0 amide bonds. The Bertz CT molecular complexity index is 501. The van der Waals surface area contributed by atoms with Gasteiger partial charge >= 0.3 is 5.97 Å². The van der Waals surface area contributed by atoms with Crippen LogP contribution in [-0.2, 0) is 0 Å². The van der Waals surface area contributed by atoms with Gasteiger partial charge in [-0.1, -0.05) is 0 Å². The van der Waals surface area contributed by atoms with Crippen LogP contribution in [-0.4, -0.2) is 16.9 Å². The number of ketones is 1. The minimum absolute atomic E-state index is 0.0326. The molecule has 0 saturated carbocycles. The molecule has 0 aromatic carbocycles. The Morgan fingerprint density at radius 3 is 2.50 bits per heavy atom. The Labute approximate surface area is 100.0 Å². The number of carboxylic acid groups (broad SMARTS) is 1. The molecule has 2 aromatic heterocycles. The topological polar surface area (TPSA) is 54.4 Å². The molecule has 0 atom stereocenters. The molecule has 2 aromatic rings. The van der Waals surface area contributed by atoms with E-state index in [2.05, 4.69) is 0 Å². The van der Waals surface area contributed by atoms with Gasteiger partial charge in [0.25, 0.3) is 0 Å². The number of carboxylic acids is 1. The third kappa shape index (κ3) is 1.79. The molecular weight excluding hydrogens is 244 g/mol. The fourth-order valence-corrected chi connectivity index (χ4v) is 3.23. The highest BCUT2D eigenvalue weighted by Gasteiger charge is 2.18. The van der Waals surface area contributed by atoms with Gasteiger partial charge in [0.05, 0.1) is 15.3 Å². The Morgan fingerprint density at radius 2 is 1.88 bits per heavy atom. The molecule has 0 bridgehead atoms. The van der Waals surface area contributed by atoms with E-state index in [0.717, 1.165) is 5.56 Å². The van der Waals surface area contributed by atoms with E-state index in [1.54, 1.807) is 22.9 Å². The first-order valence-electron chi connectivity index (χ1n) is 4.51. The number of hydrogen-bond donors (Lipinski definition) is 1. The molecule has 1 N–H and O–H groups in total. The van der Waals surface area contributed by atoms with Crippen molar-refractivity contribution >= 4 is 34.4 Å². The van der Waals surface area contributed by atoms with E-state index < -0.39 is 5.97 Å². The number of aromatic carboxylic acids is 1. The van der Waals surface area contributed by atoms with Gasteiger partial charge in [0.1, 0.15) is 0 Å². The van der Waals surface area contributed by atoms with E-state index in [0.29, 0.717) is 9.75 Å². The van der Waals surface area contributed by atoms with Crippen molar-refractivity contribution in [3.8, 4) is 10.4 Å². The molecule has 0 aliphatic carbocycles. The second-order valence-corrected chi connectivity index (χ2v) is 5.02. The van der Waals surface area contributed by atoms with Crippen LogP contribution in [0.4, 0.5) is 0 Å². The van der Waals surface area contributed by atoms with Gasteiger partial charge in [-0.2, -0.15) is 0 Å². The van der Waals surface area contributed by atoms with Crippen LogP contribution in [0.3, 0.4) is 0 Å². The van der Waals surface area contributed by atoms with Crippen molar-refractivity contribution in [2.24, 2.45) is 0 Å². The van der Waals surface area contributed by atoms with Gasteiger partial charge < -0.3 is 5.11 Å². The zero-order valence-corrected chi connectivity index (χ0v) is 10.0. The number of carbonyl (C=O) groups is 2. The van der Waals surface area contributed by atoms with Gasteiger partial charge in [0.2, 0.25) is 0 Å². The Hall–Kier alpha value is -1.46. The first kappa shape index (κ1) is 11.0. The fourth-order valence-electron chi connectivity index (χ4n) is 1.45. The highest BCUT2D eigenvalue weighted by Crippen LogP contribution is 2.35. The lowest BCUT2D eigenvalue weighted by Crippen LogP contribution is -1.97. The van der Waals surface area contributed by atoms with Crippen LogP contribution in [0.25, 0.3) is 10.4 Å². The van der Waals surface area contributed by atoms with Crippen molar-refractivity contribution in [3.05, 3.63) is 33.3 Å². The van der Waals surface area contributed by atoms with Crippen molar-refractivity contribution in [1.82, 2.24) is 0 Å². The van der Waals surface area contributed by atoms with Crippen molar-refractivity contribution in [3.63, 3.8) is 0 Å². The zero-order valence-electron chi connectivity index (χ0n) is 8.39. The molecule has 5 heteroatoms. The number of thiophene rings is 2. The van der Waals surface area contributed by atoms with E-state index in [4.69, 9.17) is 5.11 Å². The van der Waals surface area contributed by atoms with Gasteiger partial charge in [-0.15, -0.1) is 22.7 Å². The zero-order chi connectivity index (χ0) is 11.7. The Balaban J connectivity index is 2.59. The first-order chi connectivity index (χ1) is 7.61. The van der Waals surface area contributed by atoms with E-state index in [1.165, 1.54) is 29.6 Å². The van der Waals surface area contributed by atoms with Crippen LogP contribution < -0.4 is 0 Å². The van der Waals surface area contributed by atoms with Crippen LogP contribution >= 0.6 is 22.7 Å². The molecule has 2 rings (SSSR count). The molecule has 0 radical (unpaired) electrons. The summed E-state index contributed by atoms with van der Waals surface area (Å²) in [5.41, 5.74) is 0.982. The maximum atomic E-state index is 11.4. The van der Waals surface area contributed by atoms with Gasteiger partial charge in [-0.3, -0.25) is 4.79 Å². The average Bonchev–Trinajstić information content (AvgIpc) is 2.85. The lowest BCUT2D eigenvalue weighted by Gasteiger charge is -1.99. The third-order valence-corrected chi connectivity index (χ3v) is 4.09. The number of Topliss-reactive ketones (excluding diaryl/α,β-unsaturated/α-hetero) is 1. The van der Waals surface area contributed by atoms with Crippen LogP contribution in [0.2, 0.25) is 0 Å². The van der Waals surface area contributed by atoms with Gasteiger partial charge in [0.15, 0.2) is 5.78 Å². The van der Waals surface area contributed by atoms with E-state index in [-0.39, 0.29) is 11.3 Å². The summed E-state index contributed by atoms with van der Waals surface area (Å²) in [6.45, 7) is 1.49. The Kier molecular flexibility index (Phi) is 2.89. The molecule has 0 aliphatic heterocycles. The van der Waals surface area contributed by atoms with E-state index in [1.807, 2.05) is 0 Å². The Morgan fingerprint density at radius 1 is 1.19 bits per heavy atom. The monoisotopic (exact) mass is 252 g/mol. The highest BCUT2D eigenvalue weighted by molar-refractivity contribution is 7.16. The first-order valence-corrected chi connectivity index (χ1v) is 6.26. The number of hydrogen-bond acceptors (Lipinski definition) is 4. The molecule has 0 spiro atoms. The number of rotatable bonds is 3. The summed E-state index contributed by atoms with van der Waals surface area (Å²) in [4.78, 5) is 23.6. The molecule has 2 heterocycles. The second-order valence-electron chi connectivity index (χ2n) is 3.19. The van der Waals surface area contributed by atoms with Crippen LogP contribution in [0.1, 0.15) is 27.0 Å². The van der Waals surface area contributed by atoms with Gasteiger partial charge in [-0.25, -0.2) is 4.79 Å². The van der Waals surface area contributed by atoms with Crippen molar-refractivity contribution < 1.29 is 14.7 Å². The maximum absolute atomic E-state index is 11.4. The second kappa shape index (κ2) is 4.19. The quantitative estimate of drug-likeness (QED) is 0.852. The summed E-state index contributed by atoms with van der Waals surface area (Å²) < 4.78 is 0. The van der Waals surface area contributed by atoms with Crippen molar-refractivity contribution in [2.45, 2.75) is 6.92 Å². The van der Waals surface area contributed by atoms with Crippen LogP contribution in [0.5, 0.6) is 0 Å². The largest absolute Gasteiger partial charge is 0.478 e. The lowest BCUT2D eigenvalue weighted by atomic mass is 10.1. The molecule has 0 unspecified atom stereocenters. The smallest absolute Gasteiger partial charge is 0.337 e. The molecular formula is C11H8O3S2. The van der Waals surface area contributed by atoms with Crippen LogP contribution in [0.15, 0.2) is 22.9 Å². The molecule has 0 saturated heterocycles. The standard InChI is InChI=1S/C11H8O3S2/c1-6(12)9-7(2-4-15-9)10-8(11(13)14)3-5-16-10/h2-5H,1H3,(H,13,14). The van der Waals surface area contributed by atoms with E-state index >= 15 is 0 Å². The summed E-state index contributed by atoms with van der Waals surface area (Å²) in [5.74, 6) is -0.994. The molecule has 0 fully saturated rings. The summed E-state index contributed by atoms with van der Waals surface area (Å²) in [7, 11) is 0. The van der Waals surface area contributed by atoms with Crippen molar-refractivity contribution in [2.75, 3.05) is 0 Å². The summed E-state index contributed by atoms with van der Waals surface area (Å²) in [5, 5.41) is 12.5. The van der Waals surface area contributed by atoms with Crippen LogP contribution in [0, 0.1) is 0 Å². The molecule has 16 heavy (non-hydrogen) atoms. The molecule has 0 aliphatic rings. The minimum Gasteiger partial charge on any atom is -0.478 e. The van der Waals surface area contributed by atoms with Gasteiger partial charge in [-0.05, 0) is 29.8 Å². The minimum atomic E-state index is -0.961. The summed E-state index contributed by atoms with van der Waals surface area (Å²) in [6.07, 6.45) is 0. The third-order valence-electron chi connectivity index (χ3n) is 2.13. The summed E-state index contributed by atoms with van der Waals surface area (Å²) >= 11 is 2.68. The average molecular weight is 252 g/mol. The highest BCUT2D eigenvalue weighted by atomic mass is 32.1.